The minimum absolute atomic E-state index is 0.137. The van der Waals surface area contributed by atoms with Crippen molar-refractivity contribution in [2.75, 3.05) is 25.1 Å². The number of alkyl halides is 3. The van der Waals surface area contributed by atoms with Crippen molar-refractivity contribution in [3.05, 3.63) is 0 Å². The predicted molar refractivity (Wildman–Crippen MR) is 60.2 cm³/mol. The minimum Gasteiger partial charge on any atom is -0.481 e. The molecule has 0 saturated carbocycles. The summed E-state index contributed by atoms with van der Waals surface area (Å²) in [5.74, 6) is -4.92. The number of carbonyl (C=O) groups is 2. The van der Waals surface area contributed by atoms with Crippen LogP contribution in [0.2, 0.25) is 0 Å². The van der Waals surface area contributed by atoms with Crippen LogP contribution in [0.5, 0.6) is 0 Å². The van der Waals surface area contributed by atoms with Crippen LogP contribution in [-0.2, 0) is 9.59 Å². The van der Waals surface area contributed by atoms with Crippen LogP contribution in [-0.4, -0.2) is 53.2 Å². The van der Waals surface area contributed by atoms with Gasteiger partial charge >= 0.3 is 12.1 Å². The number of carboxylic acids is 1. The van der Waals surface area contributed by atoms with Gasteiger partial charge in [0.15, 0.2) is 0 Å². The Morgan fingerprint density at radius 2 is 2.00 bits per heavy atom. The fourth-order valence-corrected chi connectivity index (χ4v) is 2.32. The summed E-state index contributed by atoms with van der Waals surface area (Å²) in [5.41, 5.74) is 0. The Morgan fingerprint density at radius 3 is 2.39 bits per heavy atom. The molecular formula is C10H14F3NO3S. The van der Waals surface area contributed by atoms with Gasteiger partial charge in [-0.1, -0.05) is 0 Å². The molecule has 1 amide bonds. The van der Waals surface area contributed by atoms with E-state index in [4.69, 9.17) is 5.11 Å². The van der Waals surface area contributed by atoms with Crippen molar-refractivity contribution in [3.63, 3.8) is 0 Å². The highest BCUT2D eigenvalue weighted by molar-refractivity contribution is 7.98. The van der Waals surface area contributed by atoms with Gasteiger partial charge in [0.25, 0.3) is 0 Å². The molecule has 2 atom stereocenters. The third-order valence-corrected chi connectivity index (χ3v) is 3.54. The number of thioether (sulfide) groups is 1. The Bertz CT molecular complexity index is 335. The van der Waals surface area contributed by atoms with Gasteiger partial charge in [-0.05, 0) is 6.26 Å². The molecule has 0 aromatic heterocycles. The van der Waals surface area contributed by atoms with Crippen LogP contribution < -0.4 is 0 Å². The summed E-state index contributed by atoms with van der Waals surface area (Å²) in [6.07, 6.45) is -2.66. The zero-order valence-electron chi connectivity index (χ0n) is 9.74. The fourth-order valence-electron chi connectivity index (χ4n) is 1.94. The first-order chi connectivity index (χ1) is 8.27. The van der Waals surface area contributed by atoms with Crippen molar-refractivity contribution in [1.29, 1.82) is 0 Å². The topological polar surface area (TPSA) is 57.6 Å². The molecule has 1 fully saturated rings. The molecule has 0 aromatic rings. The molecule has 18 heavy (non-hydrogen) atoms. The Balaban J connectivity index is 2.72. The maximum Gasteiger partial charge on any atom is 0.394 e. The van der Waals surface area contributed by atoms with Crippen molar-refractivity contribution in [2.45, 2.75) is 12.6 Å². The second kappa shape index (κ2) is 5.81. The van der Waals surface area contributed by atoms with Crippen molar-refractivity contribution < 1.29 is 27.9 Å². The molecule has 1 rings (SSSR count). The first-order valence-corrected chi connectivity index (χ1v) is 6.73. The minimum atomic E-state index is -4.59. The molecule has 0 aliphatic carbocycles. The zero-order chi connectivity index (χ0) is 13.9. The molecule has 1 N–H and O–H groups in total. The molecule has 0 aromatic carbocycles. The summed E-state index contributed by atoms with van der Waals surface area (Å²) >= 11 is 1.42. The molecule has 1 heterocycles. The van der Waals surface area contributed by atoms with Gasteiger partial charge in [-0.3, -0.25) is 9.59 Å². The monoisotopic (exact) mass is 285 g/mol. The lowest BCUT2D eigenvalue weighted by Crippen LogP contribution is -2.34. The normalized spacial score (nSPS) is 24.3. The third-order valence-electron chi connectivity index (χ3n) is 2.93. The number of aliphatic carboxylic acids is 1. The highest BCUT2D eigenvalue weighted by Crippen LogP contribution is 2.37. The molecule has 4 nitrogen and oxygen atoms in total. The molecule has 0 spiro atoms. The van der Waals surface area contributed by atoms with E-state index in [0.29, 0.717) is 5.75 Å². The van der Waals surface area contributed by atoms with E-state index in [-0.39, 0.29) is 13.0 Å². The second-order valence-electron chi connectivity index (χ2n) is 4.13. The smallest absolute Gasteiger partial charge is 0.394 e. The number of hydrogen-bond acceptors (Lipinski definition) is 3. The number of carboxylic acid groups (broad SMARTS) is 1. The molecule has 1 aliphatic heterocycles. The van der Waals surface area contributed by atoms with E-state index in [0.717, 1.165) is 4.90 Å². The summed E-state index contributed by atoms with van der Waals surface area (Å²) in [7, 11) is 0. The van der Waals surface area contributed by atoms with E-state index >= 15 is 0 Å². The average Bonchev–Trinajstić information content (AvgIpc) is 2.70. The van der Waals surface area contributed by atoms with E-state index < -0.39 is 36.4 Å². The van der Waals surface area contributed by atoms with E-state index in [2.05, 4.69) is 0 Å². The number of rotatable bonds is 4. The average molecular weight is 285 g/mol. The number of carbonyl (C=O) groups excluding carboxylic acids is 1. The van der Waals surface area contributed by atoms with Gasteiger partial charge in [-0.25, -0.2) is 0 Å². The number of halogens is 3. The molecular weight excluding hydrogens is 271 g/mol. The summed E-state index contributed by atoms with van der Waals surface area (Å²) in [6.45, 7) is -0.902. The van der Waals surface area contributed by atoms with Crippen LogP contribution in [0, 0.1) is 11.8 Å². The molecule has 1 saturated heterocycles. The number of amides is 1. The van der Waals surface area contributed by atoms with Gasteiger partial charge < -0.3 is 10.0 Å². The quantitative estimate of drug-likeness (QED) is 0.849. The Hall–Kier alpha value is -0.920. The van der Waals surface area contributed by atoms with Crippen molar-refractivity contribution in [2.24, 2.45) is 11.8 Å². The number of likely N-dealkylation sites (tertiary alicyclic amines) is 1. The Labute approximate surface area is 107 Å². The lowest BCUT2D eigenvalue weighted by Gasteiger charge is -2.18. The van der Waals surface area contributed by atoms with Crippen LogP contribution in [0.3, 0.4) is 0 Å². The molecule has 0 unspecified atom stereocenters. The largest absolute Gasteiger partial charge is 0.481 e. The van der Waals surface area contributed by atoms with Crippen LogP contribution in [0.25, 0.3) is 0 Å². The number of nitrogens with zero attached hydrogens (tertiary/aromatic N) is 1. The number of hydrogen-bond donors (Lipinski definition) is 1. The predicted octanol–water partition coefficient (Wildman–Crippen LogP) is 1.46. The first kappa shape index (κ1) is 15.1. The Kier molecular flexibility index (Phi) is 4.89. The molecule has 0 radical (unpaired) electrons. The highest BCUT2D eigenvalue weighted by Gasteiger charge is 2.53. The maximum absolute atomic E-state index is 12.7. The van der Waals surface area contributed by atoms with Crippen molar-refractivity contribution in [1.82, 2.24) is 4.90 Å². The molecule has 8 heteroatoms. The maximum atomic E-state index is 12.7. The van der Waals surface area contributed by atoms with Crippen molar-refractivity contribution in [3.8, 4) is 0 Å². The lowest BCUT2D eigenvalue weighted by molar-refractivity contribution is -0.188. The van der Waals surface area contributed by atoms with E-state index in [1.54, 1.807) is 6.26 Å². The fraction of sp³-hybridized carbons (Fsp3) is 0.800. The van der Waals surface area contributed by atoms with Gasteiger partial charge in [0.05, 0.1) is 11.8 Å². The molecule has 104 valence electrons. The van der Waals surface area contributed by atoms with Gasteiger partial charge in [0.2, 0.25) is 5.91 Å². The van der Waals surface area contributed by atoms with Crippen LogP contribution in [0.4, 0.5) is 13.2 Å². The van der Waals surface area contributed by atoms with E-state index in [1.807, 2.05) is 0 Å². The Morgan fingerprint density at radius 1 is 1.39 bits per heavy atom. The van der Waals surface area contributed by atoms with Gasteiger partial charge in [-0.2, -0.15) is 24.9 Å². The van der Waals surface area contributed by atoms with Crippen LogP contribution in [0.15, 0.2) is 0 Å². The van der Waals surface area contributed by atoms with Crippen molar-refractivity contribution >= 4 is 23.6 Å². The van der Waals surface area contributed by atoms with Gasteiger partial charge in [-0.15, -0.1) is 0 Å². The second-order valence-corrected chi connectivity index (χ2v) is 5.12. The highest BCUT2D eigenvalue weighted by atomic mass is 32.2. The molecule has 1 aliphatic rings. The van der Waals surface area contributed by atoms with E-state index in [1.165, 1.54) is 11.8 Å². The zero-order valence-corrected chi connectivity index (χ0v) is 10.6. The van der Waals surface area contributed by atoms with Gasteiger partial charge in [0, 0.05) is 25.3 Å². The molecule has 0 bridgehead atoms. The van der Waals surface area contributed by atoms with Crippen LogP contribution >= 0.6 is 11.8 Å². The summed E-state index contributed by atoms with van der Waals surface area (Å²) in [5, 5.41) is 8.78. The summed E-state index contributed by atoms with van der Waals surface area (Å²) in [6, 6.07) is 0. The van der Waals surface area contributed by atoms with Gasteiger partial charge in [0.1, 0.15) is 0 Å². The van der Waals surface area contributed by atoms with Crippen LogP contribution in [0.1, 0.15) is 6.42 Å². The summed E-state index contributed by atoms with van der Waals surface area (Å²) < 4.78 is 38.0. The summed E-state index contributed by atoms with van der Waals surface area (Å²) in [4.78, 5) is 23.4. The third kappa shape index (κ3) is 3.54. The standard InChI is InChI=1S/C10H14F3NO3S/c1-18-3-2-8(15)14-4-6(9(16)17)7(5-14)10(11,12)13/h6-7H,2-5H2,1H3,(H,16,17)/t6-,7-/m1/s1. The lowest BCUT2D eigenvalue weighted by atomic mass is 9.96. The SMILES string of the molecule is CSCCC(=O)N1C[C@@H](C(F)(F)F)[C@H](C(=O)O)C1. The first-order valence-electron chi connectivity index (χ1n) is 5.33. The van der Waals surface area contributed by atoms with E-state index in [9.17, 15) is 22.8 Å².